The maximum absolute atomic E-state index is 2.75. The van der Waals surface area contributed by atoms with Crippen LogP contribution in [0.15, 0.2) is 78.9 Å². The molecular formula is C38H37N2S+. The van der Waals surface area contributed by atoms with Gasteiger partial charge in [-0.3, -0.25) is 0 Å². The molecule has 204 valence electrons. The van der Waals surface area contributed by atoms with Crippen LogP contribution in [0.25, 0.3) is 48.3 Å². The summed E-state index contributed by atoms with van der Waals surface area (Å²) in [4.78, 5) is 0. The van der Waals surface area contributed by atoms with E-state index in [0.29, 0.717) is 11.8 Å². The van der Waals surface area contributed by atoms with Gasteiger partial charge in [-0.2, -0.15) is 4.57 Å². The lowest BCUT2D eigenvalue weighted by molar-refractivity contribution is -0.645. The Morgan fingerprint density at radius 1 is 0.683 bits per heavy atom. The number of nitrogens with zero attached hydrogens (tertiary/aromatic N) is 2. The Morgan fingerprint density at radius 3 is 2.24 bits per heavy atom. The molecule has 1 aliphatic heterocycles. The molecule has 2 aliphatic carbocycles. The first-order chi connectivity index (χ1) is 20.4. The Balaban J connectivity index is 1.47. The second-order valence-corrected chi connectivity index (χ2v) is 13.8. The van der Waals surface area contributed by atoms with Crippen molar-refractivity contribution in [2.45, 2.75) is 82.6 Å². The Bertz CT molecular complexity index is 1940. The predicted molar refractivity (Wildman–Crippen MR) is 173 cm³/mol. The number of rotatable bonds is 3. The zero-order valence-electron chi connectivity index (χ0n) is 23.7. The van der Waals surface area contributed by atoms with Crippen molar-refractivity contribution in [3.8, 4) is 17.1 Å². The summed E-state index contributed by atoms with van der Waals surface area (Å²) in [5.74, 6) is 2.63. The Hall–Kier alpha value is -3.43. The zero-order chi connectivity index (χ0) is 26.9. The molecule has 0 amide bonds. The highest BCUT2D eigenvalue weighted by molar-refractivity contribution is 7.25. The topological polar surface area (TPSA) is 8.81 Å². The molecule has 0 N–H and O–H groups in total. The van der Waals surface area contributed by atoms with E-state index < -0.39 is 0 Å². The van der Waals surface area contributed by atoms with Gasteiger partial charge in [0.05, 0.1) is 5.56 Å². The maximum atomic E-state index is 2.75. The minimum absolute atomic E-state index is 0.612. The smallest absolute Gasteiger partial charge is 0.218 e. The average Bonchev–Trinajstić information content (AvgIpc) is 3.70. The van der Waals surface area contributed by atoms with Crippen LogP contribution in [0.4, 0.5) is 0 Å². The number of para-hydroxylation sites is 2. The number of hydrogen-bond acceptors (Lipinski definition) is 1. The van der Waals surface area contributed by atoms with Crippen LogP contribution in [0.2, 0.25) is 0 Å². The van der Waals surface area contributed by atoms with Crippen LogP contribution < -0.4 is 4.57 Å². The minimum Gasteiger partial charge on any atom is -0.218 e. The molecule has 9 rings (SSSR count). The molecule has 4 aromatic carbocycles. The van der Waals surface area contributed by atoms with E-state index in [0.717, 1.165) is 6.54 Å². The van der Waals surface area contributed by atoms with E-state index in [4.69, 9.17) is 0 Å². The summed E-state index contributed by atoms with van der Waals surface area (Å²) < 4.78 is 8.30. The number of imidazole rings is 1. The summed E-state index contributed by atoms with van der Waals surface area (Å²) >= 11 is 2.03. The van der Waals surface area contributed by atoms with Crippen molar-refractivity contribution in [1.82, 2.24) is 4.57 Å². The van der Waals surface area contributed by atoms with E-state index in [1.807, 2.05) is 11.3 Å². The number of benzene rings is 4. The number of fused-ring (bicyclic) bond motifs is 8. The highest BCUT2D eigenvalue weighted by Gasteiger charge is 2.39. The fourth-order valence-electron chi connectivity index (χ4n) is 8.62. The zero-order valence-corrected chi connectivity index (χ0v) is 24.6. The van der Waals surface area contributed by atoms with Crippen molar-refractivity contribution in [1.29, 1.82) is 0 Å². The second kappa shape index (κ2) is 9.56. The van der Waals surface area contributed by atoms with Gasteiger partial charge < -0.3 is 0 Å². The van der Waals surface area contributed by atoms with Gasteiger partial charge in [-0.1, -0.05) is 87.1 Å². The van der Waals surface area contributed by atoms with Crippen LogP contribution in [-0.4, -0.2) is 4.57 Å². The molecule has 2 saturated carbocycles. The van der Waals surface area contributed by atoms with Crippen molar-refractivity contribution >= 4 is 42.5 Å². The third kappa shape index (κ3) is 3.64. The highest BCUT2D eigenvalue weighted by Crippen LogP contribution is 2.51. The molecule has 0 spiro atoms. The van der Waals surface area contributed by atoms with Gasteiger partial charge in [0.15, 0.2) is 11.0 Å². The minimum atomic E-state index is 0.612. The fraction of sp³-hybridized carbons (Fsp3) is 0.342. The molecule has 2 aromatic heterocycles. The monoisotopic (exact) mass is 553 g/mol. The number of thiophene rings is 1. The van der Waals surface area contributed by atoms with E-state index in [9.17, 15) is 0 Å². The quantitative estimate of drug-likeness (QED) is 0.192. The van der Waals surface area contributed by atoms with Crippen molar-refractivity contribution in [2.75, 3.05) is 0 Å². The van der Waals surface area contributed by atoms with Gasteiger partial charge in [-0.05, 0) is 67.9 Å². The summed E-state index contributed by atoms with van der Waals surface area (Å²) in [6.45, 7) is 0.959. The van der Waals surface area contributed by atoms with Gasteiger partial charge in [-0.15, -0.1) is 11.3 Å². The predicted octanol–water partition coefficient (Wildman–Crippen LogP) is 10.4. The lowest BCUT2D eigenvalue weighted by Gasteiger charge is -2.29. The van der Waals surface area contributed by atoms with E-state index in [2.05, 4.69) is 88.0 Å². The van der Waals surface area contributed by atoms with Crippen LogP contribution in [0, 0.1) is 0 Å². The first-order valence-corrected chi connectivity index (χ1v) is 16.8. The molecule has 3 heterocycles. The Morgan fingerprint density at radius 2 is 1.39 bits per heavy atom. The molecule has 0 atom stereocenters. The molecule has 0 saturated heterocycles. The number of hydrogen-bond donors (Lipinski definition) is 0. The summed E-state index contributed by atoms with van der Waals surface area (Å²) in [6, 6.07) is 30.2. The van der Waals surface area contributed by atoms with Gasteiger partial charge in [0.1, 0.15) is 12.2 Å². The van der Waals surface area contributed by atoms with Crippen LogP contribution in [0.1, 0.15) is 92.7 Å². The van der Waals surface area contributed by atoms with E-state index in [-0.39, 0.29) is 0 Å². The first kappa shape index (κ1) is 24.2. The molecule has 2 fully saturated rings. The SMILES string of the molecule is c1ccc2c(c1)C[n+]1c-2n(-c2c(C3CCCCC3)cc3sc4ccccc4c3c2C2CCCCC2)c2ccccc21. The van der Waals surface area contributed by atoms with Crippen LogP contribution >= 0.6 is 11.3 Å². The van der Waals surface area contributed by atoms with Crippen molar-refractivity contribution < 1.29 is 4.57 Å². The van der Waals surface area contributed by atoms with Crippen LogP contribution in [-0.2, 0) is 6.54 Å². The second-order valence-electron chi connectivity index (χ2n) is 12.8. The molecule has 0 unspecified atom stereocenters. The summed E-state index contributed by atoms with van der Waals surface area (Å²) in [5.41, 5.74) is 10.4. The molecule has 2 nitrogen and oxygen atoms in total. The van der Waals surface area contributed by atoms with Crippen molar-refractivity contribution in [3.63, 3.8) is 0 Å². The Kier molecular flexibility index (Phi) is 5.64. The molecule has 3 aliphatic rings. The van der Waals surface area contributed by atoms with Gasteiger partial charge in [0.2, 0.25) is 0 Å². The summed E-state index contributed by atoms with van der Waals surface area (Å²) in [6.07, 6.45) is 13.4. The molecule has 41 heavy (non-hydrogen) atoms. The molecule has 3 heteroatoms. The number of aromatic nitrogens is 2. The lowest BCUT2D eigenvalue weighted by atomic mass is 9.77. The van der Waals surface area contributed by atoms with E-state index >= 15 is 0 Å². The van der Waals surface area contributed by atoms with Gasteiger partial charge in [0, 0.05) is 36.9 Å². The molecule has 0 radical (unpaired) electrons. The third-order valence-electron chi connectivity index (χ3n) is 10.5. The van der Waals surface area contributed by atoms with Crippen molar-refractivity contribution in [2.24, 2.45) is 0 Å². The molecule has 6 aromatic rings. The van der Waals surface area contributed by atoms with Gasteiger partial charge >= 0.3 is 0 Å². The van der Waals surface area contributed by atoms with Gasteiger partial charge in [-0.25, -0.2) is 4.57 Å². The largest absolute Gasteiger partial charge is 0.295 e. The normalized spacial score (nSPS) is 18.0. The van der Waals surface area contributed by atoms with E-state index in [1.54, 1.807) is 22.2 Å². The lowest BCUT2D eigenvalue weighted by Crippen LogP contribution is -2.31. The Labute approximate surface area is 246 Å². The maximum Gasteiger partial charge on any atom is 0.295 e. The summed E-state index contributed by atoms with van der Waals surface area (Å²) in [7, 11) is 0. The average molecular weight is 554 g/mol. The molecular weight excluding hydrogens is 516 g/mol. The van der Waals surface area contributed by atoms with Crippen LogP contribution in [0.5, 0.6) is 0 Å². The standard InChI is InChI=1S/C38H37N2S/c1-3-13-25(14-4-1)30-23-34-36(29-19-9-12-22-33(29)41-34)35(26-15-5-2-6-16-26)37(30)40-32-21-11-10-20-31(32)39-24-27-17-7-8-18-28(27)38(39)40/h7-12,17-23,25-26H,1-6,13-16,24H2/q+1. The first-order valence-electron chi connectivity index (χ1n) is 16.0. The van der Waals surface area contributed by atoms with Gasteiger partial charge in [0.25, 0.3) is 5.82 Å². The van der Waals surface area contributed by atoms with Crippen LogP contribution in [0.3, 0.4) is 0 Å². The third-order valence-corrected chi connectivity index (χ3v) is 11.6. The fourth-order valence-corrected chi connectivity index (χ4v) is 9.79. The molecule has 0 bridgehead atoms. The highest BCUT2D eigenvalue weighted by atomic mass is 32.1. The van der Waals surface area contributed by atoms with Crippen molar-refractivity contribution in [3.05, 3.63) is 95.6 Å². The summed E-state index contributed by atoms with van der Waals surface area (Å²) in [5, 5.41) is 3.01. The van der Waals surface area contributed by atoms with E-state index in [1.165, 1.54) is 107 Å².